The van der Waals surface area contributed by atoms with Crippen LogP contribution in [-0.4, -0.2) is 17.4 Å². The Bertz CT molecular complexity index is 701. The summed E-state index contributed by atoms with van der Waals surface area (Å²) in [6, 6.07) is 14.7. The van der Waals surface area contributed by atoms with Gasteiger partial charge in [-0.15, -0.1) is 23.5 Å². The molecule has 0 spiro atoms. The second-order valence-electron chi connectivity index (χ2n) is 5.69. The number of halogens is 1. The van der Waals surface area contributed by atoms with Crippen LogP contribution in [0.15, 0.2) is 48.5 Å². The minimum absolute atomic E-state index is 0.0839. The van der Waals surface area contributed by atoms with E-state index in [0.717, 1.165) is 5.69 Å². The Balaban J connectivity index is 1.57. The Kier molecular flexibility index (Phi) is 6.21. The Labute approximate surface area is 150 Å². The van der Waals surface area contributed by atoms with E-state index in [-0.39, 0.29) is 18.1 Å². The van der Waals surface area contributed by atoms with Crippen molar-refractivity contribution in [3.63, 3.8) is 0 Å². The number of rotatable bonds is 5. The van der Waals surface area contributed by atoms with E-state index >= 15 is 0 Å². The van der Waals surface area contributed by atoms with Gasteiger partial charge in [-0.05, 0) is 53.7 Å². The van der Waals surface area contributed by atoms with Crippen molar-refractivity contribution >= 4 is 35.1 Å². The molecule has 5 heteroatoms. The van der Waals surface area contributed by atoms with Crippen LogP contribution >= 0.6 is 23.5 Å². The second-order valence-corrected chi connectivity index (χ2v) is 8.42. The fraction of sp³-hybridized carbons (Fsp3) is 0.316. The van der Waals surface area contributed by atoms with Gasteiger partial charge in [0.05, 0.1) is 4.58 Å². The molecule has 24 heavy (non-hydrogen) atoms. The monoisotopic (exact) mass is 361 g/mol. The maximum Gasteiger partial charge on any atom is 0.224 e. The van der Waals surface area contributed by atoms with Gasteiger partial charge in [-0.1, -0.05) is 30.3 Å². The number of nitrogens with one attached hydrogen (secondary N) is 1. The number of carbonyl (C=O) groups excluding carboxylic acids is 1. The van der Waals surface area contributed by atoms with E-state index in [1.165, 1.54) is 29.6 Å². The molecule has 0 aromatic heterocycles. The fourth-order valence-electron chi connectivity index (χ4n) is 2.62. The first-order valence-corrected chi connectivity index (χ1v) is 10.2. The molecule has 1 fully saturated rings. The highest BCUT2D eigenvalue weighted by molar-refractivity contribution is 8.16. The summed E-state index contributed by atoms with van der Waals surface area (Å²) in [5.41, 5.74) is 2.64. The molecule has 2 aromatic rings. The number of anilines is 1. The first-order chi connectivity index (χ1) is 11.7. The van der Waals surface area contributed by atoms with Gasteiger partial charge < -0.3 is 5.32 Å². The molecule has 1 aliphatic heterocycles. The van der Waals surface area contributed by atoms with Gasteiger partial charge in [-0.2, -0.15) is 0 Å². The molecule has 1 aliphatic rings. The molecule has 1 amide bonds. The van der Waals surface area contributed by atoms with Crippen molar-refractivity contribution < 1.29 is 9.18 Å². The number of carbonyl (C=O) groups is 1. The van der Waals surface area contributed by atoms with Crippen LogP contribution in [0, 0.1) is 5.82 Å². The van der Waals surface area contributed by atoms with Crippen molar-refractivity contribution in [1.82, 2.24) is 0 Å². The summed E-state index contributed by atoms with van der Waals surface area (Å²) in [4.78, 5) is 12.1. The minimum atomic E-state index is -0.251. The van der Waals surface area contributed by atoms with E-state index in [1.807, 2.05) is 35.7 Å². The molecule has 0 bridgehead atoms. The van der Waals surface area contributed by atoms with Gasteiger partial charge in [0.1, 0.15) is 5.82 Å². The lowest BCUT2D eigenvalue weighted by molar-refractivity contribution is -0.116. The van der Waals surface area contributed by atoms with Gasteiger partial charge >= 0.3 is 0 Å². The molecular weight excluding hydrogens is 341 g/mol. The van der Waals surface area contributed by atoms with Crippen LogP contribution < -0.4 is 5.32 Å². The molecular formula is C19H20FNOS2. The maximum absolute atomic E-state index is 13.6. The van der Waals surface area contributed by atoms with Gasteiger partial charge in [0.2, 0.25) is 5.91 Å². The molecule has 2 nitrogen and oxygen atoms in total. The largest absolute Gasteiger partial charge is 0.326 e. The first-order valence-electron chi connectivity index (χ1n) is 8.09. The lowest BCUT2D eigenvalue weighted by Crippen LogP contribution is -2.13. The van der Waals surface area contributed by atoms with Crippen LogP contribution in [0.3, 0.4) is 0 Å². The molecule has 0 aliphatic carbocycles. The average molecular weight is 362 g/mol. The molecule has 1 heterocycles. The van der Waals surface area contributed by atoms with E-state index < -0.39 is 0 Å². The summed E-state index contributed by atoms with van der Waals surface area (Å²) in [5.74, 6) is 2.05. The highest BCUT2D eigenvalue weighted by Crippen LogP contribution is 2.44. The molecule has 0 radical (unpaired) electrons. The molecule has 2 aromatic carbocycles. The van der Waals surface area contributed by atoms with E-state index in [9.17, 15) is 9.18 Å². The van der Waals surface area contributed by atoms with Crippen LogP contribution in [0.2, 0.25) is 0 Å². The summed E-state index contributed by atoms with van der Waals surface area (Å²) < 4.78 is 14.0. The normalized spacial score (nSPS) is 15.2. The predicted octanol–water partition coefficient (Wildman–Crippen LogP) is 5.27. The Hall–Kier alpha value is -1.46. The average Bonchev–Trinajstić information content (AvgIpc) is 2.62. The van der Waals surface area contributed by atoms with E-state index in [4.69, 9.17) is 0 Å². The predicted molar refractivity (Wildman–Crippen MR) is 102 cm³/mol. The SMILES string of the molecule is O=C(CCc1ccccc1F)Nc1cccc(C2SCCCS2)c1. The van der Waals surface area contributed by atoms with Crippen LogP contribution in [0.25, 0.3) is 0 Å². The summed E-state index contributed by atoms with van der Waals surface area (Å²) in [7, 11) is 0. The summed E-state index contributed by atoms with van der Waals surface area (Å²) in [6.45, 7) is 0. The molecule has 0 atom stereocenters. The van der Waals surface area contributed by atoms with Crippen LogP contribution in [-0.2, 0) is 11.2 Å². The molecule has 3 rings (SSSR count). The van der Waals surface area contributed by atoms with Gasteiger partial charge in [0.25, 0.3) is 0 Å². The highest BCUT2D eigenvalue weighted by Gasteiger charge is 2.17. The zero-order chi connectivity index (χ0) is 16.8. The standard InChI is InChI=1S/C19H20FNOS2/c20-17-8-2-1-5-14(17)9-10-18(22)21-16-7-3-6-15(13-16)19-23-11-4-12-24-19/h1-3,5-8,13,19H,4,9-12H2,(H,21,22). The van der Waals surface area contributed by atoms with Crippen molar-refractivity contribution in [2.75, 3.05) is 16.8 Å². The summed E-state index contributed by atoms with van der Waals surface area (Å²) >= 11 is 3.92. The number of thioether (sulfide) groups is 2. The third-order valence-electron chi connectivity index (χ3n) is 3.85. The van der Waals surface area contributed by atoms with Crippen LogP contribution in [0.1, 0.15) is 28.6 Å². The van der Waals surface area contributed by atoms with Gasteiger partial charge in [0, 0.05) is 12.1 Å². The van der Waals surface area contributed by atoms with Crippen molar-refractivity contribution in [3.8, 4) is 0 Å². The molecule has 126 valence electrons. The Morgan fingerprint density at radius 1 is 1.12 bits per heavy atom. The van der Waals surface area contributed by atoms with Crippen molar-refractivity contribution in [2.45, 2.75) is 23.8 Å². The first kappa shape index (κ1) is 17.4. The Morgan fingerprint density at radius 2 is 1.92 bits per heavy atom. The number of hydrogen-bond acceptors (Lipinski definition) is 3. The van der Waals surface area contributed by atoms with Crippen LogP contribution in [0.5, 0.6) is 0 Å². The summed E-state index contributed by atoms with van der Waals surface area (Å²) in [6.07, 6.45) is 1.95. The number of benzene rings is 2. The maximum atomic E-state index is 13.6. The number of amides is 1. The Morgan fingerprint density at radius 3 is 2.71 bits per heavy atom. The third-order valence-corrected chi connectivity index (χ3v) is 6.86. The molecule has 0 saturated carbocycles. The quantitative estimate of drug-likeness (QED) is 0.787. The molecule has 1 N–H and O–H groups in total. The summed E-state index contributed by atoms with van der Waals surface area (Å²) in [5, 5.41) is 2.93. The fourth-order valence-corrected chi connectivity index (χ4v) is 5.49. The van der Waals surface area contributed by atoms with Crippen molar-refractivity contribution in [1.29, 1.82) is 0 Å². The van der Waals surface area contributed by atoms with Gasteiger partial charge in [-0.25, -0.2) is 4.39 Å². The molecule has 0 unspecified atom stereocenters. The minimum Gasteiger partial charge on any atom is -0.326 e. The van der Waals surface area contributed by atoms with Gasteiger partial charge in [-0.3, -0.25) is 4.79 Å². The lowest BCUT2D eigenvalue weighted by Gasteiger charge is -2.21. The molecule has 1 saturated heterocycles. The third kappa shape index (κ3) is 4.77. The van der Waals surface area contributed by atoms with Crippen molar-refractivity contribution in [2.24, 2.45) is 0 Å². The number of aryl methyl sites for hydroxylation is 1. The topological polar surface area (TPSA) is 29.1 Å². The lowest BCUT2D eigenvalue weighted by atomic mass is 10.1. The van der Waals surface area contributed by atoms with Crippen molar-refractivity contribution in [3.05, 3.63) is 65.5 Å². The second kappa shape index (κ2) is 8.58. The van der Waals surface area contributed by atoms with E-state index in [0.29, 0.717) is 16.6 Å². The van der Waals surface area contributed by atoms with E-state index in [2.05, 4.69) is 17.4 Å². The van der Waals surface area contributed by atoms with Gasteiger partial charge in [0.15, 0.2) is 0 Å². The zero-order valence-electron chi connectivity index (χ0n) is 13.3. The number of hydrogen-bond donors (Lipinski definition) is 1. The smallest absolute Gasteiger partial charge is 0.224 e. The van der Waals surface area contributed by atoms with E-state index in [1.54, 1.807) is 18.2 Å². The zero-order valence-corrected chi connectivity index (χ0v) is 15.0. The highest BCUT2D eigenvalue weighted by atomic mass is 32.2. The van der Waals surface area contributed by atoms with Crippen LogP contribution in [0.4, 0.5) is 10.1 Å².